The standard InChI is InChI=1S/C19H24F3N3O3.ClH/c1-2-10-28-16-6-5-14(19(20,21)22)11-15(16)18(27)25-9-3-4-13(12-25)17(26)24-8-7-23;/h2,5-6,11,13H,1,3-4,7-10,12,23H2,(H,24,26);1H. The second-order valence-electron chi connectivity index (χ2n) is 6.48. The summed E-state index contributed by atoms with van der Waals surface area (Å²) < 4.78 is 44.7. The molecule has 3 N–H and O–H groups in total. The lowest BCUT2D eigenvalue weighted by atomic mass is 9.96. The summed E-state index contributed by atoms with van der Waals surface area (Å²) in [6.45, 7) is 4.67. The van der Waals surface area contributed by atoms with Crippen LogP contribution in [0.4, 0.5) is 13.2 Å². The molecular formula is C19H25ClF3N3O3. The molecule has 0 radical (unpaired) electrons. The van der Waals surface area contributed by atoms with Gasteiger partial charge in [-0.05, 0) is 31.0 Å². The average molecular weight is 436 g/mol. The van der Waals surface area contributed by atoms with Gasteiger partial charge in [0.1, 0.15) is 12.4 Å². The maximum absolute atomic E-state index is 13.1. The zero-order valence-corrected chi connectivity index (χ0v) is 16.7. The topological polar surface area (TPSA) is 84.7 Å². The van der Waals surface area contributed by atoms with Gasteiger partial charge in [-0.1, -0.05) is 12.7 Å². The summed E-state index contributed by atoms with van der Waals surface area (Å²) in [5.74, 6) is -1.18. The fourth-order valence-electron chi connectivity index (χ4n) is 3.03. The van der Waals surface area contributed by atoms with Crippen molar-refractivity contribution in [1.82, 2.24) is 10.2 Å². The van der Waals surface area contributed by atoms with E-state index < -0.39 is 23.6 Å². The smallest absolute Gasteiger partial charge is 0.416 e. The molecule has 0 aliphatic carbocycles. The van der Waals surface area contributed by atoms with Crippen LogP contribution in [0.25, 0.3) is 0 Å². The molecule has 2 amide bonds. The van der Waals surface area contributed by atoms with Gasteiger partial charge in [0, 0.05) is 26.2 Å². The van der Waals surface area contributed by atoms with Gasteiger partial charge in [0.2, 0.25) is 5.91 Å². The van der Waals surface area contributed by atoms with Gasteiger partial charge in [-0.2, -0.15) is 13.2 Å². The van der Waals surface area contributed by atoms with Gasteiger partial charge in [-0.15, -0.1) is 12.4 Å². The van der Waals surface area contributed by atoms with Gasteiger partial charge >= 0.3 is 6.18 Å². The van der Waals surface area contributed by atoms with Gasteiger partial charge < -0.3 is 20.7 Å². The van der Waals surface area contributed by atoms with Crippen LogP contribution >= 0.6 is 12.4 Å². The Morgan fingerprint density at radius 1 is 1.38 bits per heavy atom. The molecule has 2 rings (SSSR count). The molecule has 1 aromatic rings. The van der Waals surface area contributed by atoms with E-state index in [1.165, 1.54) is 11.0 Å². The van der Waals surface area contributed by atoms with E-state index in [9.17, 15) is 22.8 Å². The Bertz CT molecular complexity index is 728. The van der Waals surface area contributed by atoms with Gasteiger partial charge in [0.15, 0.2) is 0 Å². The fourth-order valence-corrected chi connectivity index (χ4v) is 3.03. The summed E-state index contributed by atoms with van der Waals surface area (Å²) in [6, 6.07) is 2.79. The highest BCUT2D eigenvalue weighted by Crippen LogP contribution is 2.33. The highest BCUT2D eigenvalue weighted by Gasteiger charge is 2.34. The number of nitrogens with one attached hydrogen (secondary N) is 1. The molecule has 0 saturated carbocycles. The molecule has 1 aliphatic rings. The van der Waals surface area contributed by atoms with E-state index in [0.717, 1.165) is 18.2 Å². The van der Waals surface area contributed by atoms with Crippen LogP contribution in [0.15, 0.2) is 30.9 Å². The van der Waals surface area contributed by atoms with Crippen LogP contribution in [0.5, 0.6) is 5.75 Å². The number of rotatable bonds is 7. The van der Waals surface area contributed by atoms with Crippen molar-refractivity contribution in [1.29, 1.82) is 0 Å². The van der Waals surface area contributed by atoms with Crippen molar-refractivity contribution >= 4 is 24.2 Å². The molecule has 0 bridgehead atoms. The van der Waals surface area contributed by atoms with Crippen molar-refractivity contribution < 1.29 is 27.5 Å². The highest BCUT2D eigenvalue weighted by atomic mass is 35.5. The number of nitrogens with zero attached hydrogens (tertiary/aromatic N) is 1. The van der Waals surface area contributed by atoms with Crippen LogP contribution in [0.1, 0.15) is 28.8 Å². The number of benzene rings is 1. The van der Waals surface area contributed by atoms with Crippen molar-refractivity contribution in [3.05, 3.63) is 42.0 Å². The van der Waals surface area contributed by atoms with Gasteiger partial charge in [0.25, 0.3) is 5.91 Å². The number of halogens is 4. The molecule has 1 unspecified atom stereocenters. The summed E-state index contributed by atoms with van der Waals surface area (Å²) in [5.41, 5.74) is 4.26. The van der Waals surface area contributed by atoms with Crippen molar-refractivity contribution in [3.8, 4) is 5.75 Å². The van der Waals surface area contributed by atoms with E-state index in [2.05, 4.69) is 11.9 Å². The molecule has 1 heterocycles. The maximum atomic E-state index is 13.1. The molecular weight excluding hydrogens is 411 g/mol. The maximum Gasteiger partial charge on any atom is 0.416 e. The molecule has 1 atom stereocenters. The Labute approximate surface area is 173 Å². The van der Waals surface area contributed by atoms with Crippen molar-refractivity contribution in [2.75, 3.05) is 32.8 Å². The highest BCUT2D eigenvalue weighted by molar-refractivity contribution is 5.97. The summed E-state index contributed by atoms with van der Waals surface area (Å²) in [7, 11) is 0. The molecule has 0 spiro atoms. The predicted molar refractivity (Wildman–Crippen MR) is 105 cm³/mol. The third-order valence-corrected chi connectivity index (χ3v) is 4.42. The number of carbonyl (C=O) groups excluding carboxylic acids is 2. The number of amides is 2. The number of hydrogen-bond acceptors (Lipinski definition) is 4. The van der Waals surface area contributed by atoms with E-state index in [0.29, 0.717) is 32.5 Å². The van der Waals surface area contributed by atoms with E-state index in [1.807, 2.05) is 0 Å². The summed E-state index contributed by atoms with van der Waals surface area (Å²) >= 11 is 0. The zero-order valence-electron chi connectivity index (χ0n) is 15.8. The van der Waals surface area contributed by atoms with Crippen LogP contribution in [-0.4, -0.2) is 49.5 Å². The lowest BCUT2D eigenvalue weighted by molar-refractivity contribution is -0.137. The Kier molecular flexibility index (Phi) is 9.45. The van der Waals surface area contributed by atoms with Crippen molar-refractivity contribution in [2.45, 2.75) is 19.0 Å². The first-order chi connectivity index (χ1) is 13.3. The number of carbonyl (C=O) groups is 2. The molecule has 10 heteroatoms. The Morgan fingerprint density at radius 2 is 2.10 bits per heavy atom. The minimum absolute atomic E-state index is 0. The van der Waals surface area contributed by atoms with Crippen LogP contribution < -0.4 is 15.8 Å². The molecule has 1 fully saturated rings. The van der Waals surface area contributed by atoms with Crippen molar-refractivity contribution in [2.24, 2.45) is 11.7 Å². The van der Waals surface area contributed by atoms with Crippen LogP contribution in [0, 0.1) is 5.92 Å². The third kappa shape index (κ3) is 6.64. The Balaban J connectivity index is 0.00000420. The number of hydrogen-bond donors (Lipinski definition) is 2. The monoisotopic (exact) mass is 435 g/mol. The lowest BCUT2D eigenvalue weighted by Gasteiger charge is -2.32. The lowest BCUT2D eigenvalue weighted by Crippen LogP contribution is -2.46. The molecule has 6 nitrogen and oxygen atoms in total. The normalized spacial score (nSPS) is 16.6. The molecule has 29 heavy (non-hydrogen) atoms. The number of ether oxygens (including phenoxy) is 1. The summed E-state index contributed by atoms with van der Waals surface area (Å²) in [5, 5.41) is 2.68. The first-order valence-electron chi connectivity index (χ1n) is 9.00. The average Bonchev–Trinajstić information content (AvgIpc) is 2.69. The van der Waals surface area contributed by atoms with E-state index in [4.69, 9.17) is 10.5 Å². The quantitative estimate of drug-likeness (QED) is 0.645. The summed E-state index contributed by atoms with van der Waals surface area (Å²) in [4.78, 5) is 26.5. The summed E-state index contributed by atoms with van der Waals surface area (Å²) in [6.07, 6.45) is -1.97. The first-order valence-corrected chi connectivity index (χ1v) is 9.00. The van der Waals surface area contributed by atoms with Crippen LogP contribution in [0.3, 0.4) is 0 Å². The second-order valence-corrected chi connectivity index (χ2v) is 6.48. The largest absolute Gasteiger partial charge is 0.489 e. The second kappa shape index (κ2) is 11.1. The first kappa shape index (κ1) is 24.8. The van der Waals surface area contributed by atoms with E-state index in [1.54, 1.807) is 0 Å². The number of likely N-dealkylation sites (tertiary alicyclic amines) is 1. The van der Waals surface area contributed by atoms with Gasteiger partial charge in [-0.3, -0.25) is 9.59 Å². The number of piperidine rings is 1. The molecule has 1 aromatic carbocycles. The Morgan fingerprint density at radius 3 is 2.72 bits per heavy atom. The minimum atomic E-state index is -4.58. The van der Waals surface area contributed by atoms with Crippen molar-refractivity contribution in [3.63, 3.8) is 0 Å². The van der Waals surface area contributed by atoms with Crippen LogP contribution in [0.2, 0.25) is 0 Å². The minimum Gasteiger partial charge on any atom is -0.489 e. The van der Waals surface area contributed by atoms with E-state index >= 15 is 0 Å². The molecule has 0 aromatic heterocycles. The molecule has 1 saturated heterocycles. The fraction of sp³-hybridized carbons (Fsp3) is 0.474. The predicted octanol–water partition coefficient (Wildman–Crippen LogP) is 2.62. The third-order valence-electron chi connectivity index (χ3n) is 4.42. The molecule has 1 aliphatic heterocycles. The number of alkyl halides is 3. The van der Waals surface area contributed by atoms with Gasteiger partial charge in [0.05, 0.1) is 17.0 Å². The molecule has 162 valence electrons. The SMILES string of the molecule is C=CCOc1ccc(C(F)(F)F)cc1C(=O)N1CCCC(C(=O)NCCN)C1.Cl. The van der Waals surface area contributed by atoms with E-state index in [-0.39, 0.29) is 42.8 Å². The Hall–Kier alpha value is -2.26. The van der Waals surface area contributed by atoms with Crippen LogP contribution in [-0.2, 0) is 11.0 Å². The zero-order chi connectivity index (χ0) is 20.7. The number of nitrogens with two attached hydrogens (primary N) is 1. The van der Waals surface area contributed by atoms with Gasteiger partial charge in [-0.25, -0.2) is 0 Å².